The highest BCUT2D eigenvalue weighted by Gasteiger charge is 2.31. The molecule has 2 atom stereocenters. The summed E-state index contributed by atoms with van der Waals surface area (Å²) in [6.45, 7) is 3.93. The summed E-state index contributed by atoms with van der Waals surface area (Å²) in [5.41, 5.74) is 5.14. The number of fused-ring (bicyclic) bond motifs is 1. The van der Waals surface area contributed by atoms with Crippen LogP contribution in [-0.2, 0) is 6.42 Å². The topological polar surface area (TPSA) is 46.0 Å². The lowest BCUT2D eigenvalue weighted by Crippen LogP contribution is -2.11. The second-order valence-corrected chi connectivity index (χ2v) is 5.27. The van der Waals surface area contributed by atoms with Gasteiger partial charge in [0.05, 0.1) is 6.10 Å². The van der Waals surface area contributed by atoms with Gasteiger partial charge in [-0.2, -0.15) is 0 Å². The Hall–Kier alpha value is -1.74. The van der Waals surface area contributed by atoms with Crippen molar-refractivity contribution in [1.29, 1.82) is 0 Å². The van der Waals surface area contributed by atoms with E-state index in [9.17, 15) is 5.11 Å². The smallest absolute Gasteiger partial charge is 0.0891 e. The standard InChI is InChI=1S/C16H18N2O/c1-10-5-7-13(11(2)18-10)16(19)14-8-6-12-4-3-9-17-15(12)14/h3-5,7,9,14,16,19H,6,8H2,1-2H3. The molecule has 1 aliphatic rings. The first-order valence-corrected chi connectivity index (χ1v) is 6.73. The summed E-state index contributed by atoms with van der Waals surface area (Å²) in [6.07, 6.45) is 3.26. The number of rotatable bonds is 2. The Labute approximate surface area is 113 Å². The summed E-state index contributed by atoms with van der Waals surface area (Å²) in [7, 11) is 0. The molecule has 0 bridgehead atoms. The lowest BCUT2D eigenvalue weighted by atomic mass is 9.92. The first kappa shape index (κ1) is 12.3. The molecule has 0 saturated carbocycles. The third-order valence-corrected chi connectivity index (χ3v) is 3.97. The highest BCUT2D eigenvalue weighted by Crippen LogP contribution is 2.40. The average Bonchev–Trinajstić information content (AvgIpc) is 2.82. The van der Waals surface area contributed by atoms with Crippen molar-refractivity contribution >= 4 is 0 Å². The number of nitrogens with zero attached hydrogens (tertiary/aromatic N) is 2. The Morgan fingerprint density at radius 3 is 2.89 bits per heavy atom. The summed E-state index contributed by atoms with van der Waals surface area (Å²) in [5.74, 6) is 0.0967. The van der Waals surface area contributed by atoms with E-state index in [0.29, 0.717) is 0 Å². The first-order chi connectivity index (χ1) is 9.16. The molecule has 98 valence electrons. The van der Waals surface area contributed by atoms with Gasteiger partial charge in [0.15, 0.2) is 0 Å². The second kappa shape index (κ2) is 4.74. The van der Waals surface area contributed by atoms with Gasteiger partial charge in [-0.3, -0.25) is 9.97 Å². The van der Waals surface area contributed by atoms with E-state index in [1.54, 1.807) is 0 Å². The zero-order valence-corrected chi connectivity index (χ0v) is 11.3. The molecule has 1 aliphatic carbocycles. The van der Waals surface area contributed by atoms with Crippen molar-refractivity contribution < 1.29 is 5.11 Å². The summed E-state index contributed by atoms with van der Waals surface area (Å²) in [5, 5.41) is 10.7. The minimum atomic E-state index is -0.510. The molecule has 0 aromatic carbocycles. The lowest BCUT2D eigenvalue weighted by molar-refractivity contribution is 0.142. The average molecular weight is 254 g/mol. The van der Waals surface area contributed by atoms with Crippen molar-refractivity contribution in [3.8, 4) is 0 Å². The number of aryl methyl sites for hydroxylation is 3. The maximum absolute atomic E-state index is 10.7. The lowest BCUT2D eigenvalue weighted by Gasteiger charge is -2.20. The molecule has 0 aliphatic heterocycles. The Morgan fingerprint density at radius 2 is 2.11 bits per heavy atom. The number of hydrogen-bond donors (Lipinski definition) is 1. The van der Waals surface area contributed by atoms with Gasteiger partial charge in [0.2, 0.25) is 0 Å². The van der Waals surface area contributed by atoms with E-state index in [2.05, 4.69) is 16.0 Å². The number of aliphatic hydroxyl groups is 1. The Balaban J connectivity index is 1.95. The van der Waals surface area contributed by atoms with Crippen molar-refractivity contribution in [3.63, 3.8) is 0 Å². The third kappa shape index (κ3) is 2.15. The van der Waals surface area contributed by atoms with Crippen LogP contribution in [0.2, 0.25) is 0 Å². The molecule has 0 spiro atoms. The van der Waals surface area contributed by atoms with Crippen molar-refractivity contribution in [2.45, 2.75) is 38.7 Å². The first-order valence-electron chi connectivity index (χ1n) is 6.73. The third-order valence-electron chi connectivity index (χ3n) is 3.97. The molecule has 0 amide bonds. The van der Waals surface area contributed by atoms with Crippen molar-refractivity contribution in [1.82, 2.24) is 9.97 Å². The van der Waals surface area contributed by atoms with Gasteiger partial charge < -0.3 is 5.11 Å². The minimum absolute atomic E-state index is 0.0967. The van der Waals surface area contributed by atoms with Crippen molar-refractivity contribution in [2.24, 2.45) is 0 Å². The van der Waals surface area contributed by atoms with E-state index in [0.717, 1.165) is 35.5 Å². The van der Waals surface area contributed by atoms with Crippen LogP contribution >= 0.6 is 0 Å². The van der Waals surface area contributed by atoms with Gasteiger partial charge in [-0.15, -0.1) is 0 Å². The molecule has 19 heavy (non-hydrogen) atoms. The summed E-state index contributed by atoms with van der Waals surface area (Å²) in [6, 6.07) is 8.02. The van der Waals surface area contributed by atoms with Crippen LogP contribution in [0.5, 0.6) is 0 Å². The second-order valence-electron chi connectivity index (χ2n) is 5.27. The molecule has 2 heterocycles. The molecule has 3 heteroatoms. The highest BCUT2D eigenvalue weighted by molar-refractivity contribution is 5.34. The van der Waals surface area contributed by atoms with Crippen LogP contribution in [0.3, 0.4) is 0 Å². The Bertz CT molecular complexity index is 609. The zero-order valence-electron chi connectivity index (χ0n) is 11.3. The van der Waals surface area contributed by atoms with Gasteiger partial charge in [-0.25, -0.2) is 0 Å². The van der Waals surface area contributed by atoms with Gasteiger partial charge >= 0.3 is 0 Å². The largest absolute Gasteiger partial charge is 0.388 e. The molecule has 0 fully saturated rings. The van der Waals surface area contributed by atoms with Crippen LogP contribution in [0.1, 0.15) is 46.7 Å². The Morgan fingerprint density at radius 1 is 1.26 bits per heavy atom. The van der Waals surface area contributed by atoms with E-state index in [-0.39, 0.29) is 5.92 Å². The van der Waals surface area contributed by atoms with Crippen LogP contribution in [0.4, 0.5) is 0 Å². The van der Waals surface area contributed by atoms with Crippen molar-refractivity contribution in [2.75, 3.05) is 0 Å². The summed E-state index contributed by atoms with van der Waals surface area (Å²) in [4.78, 5) is 8.90. The number of aromatic nitrogens is 2. The summed E-state index contributed by atoms with van der Waals surface area (Å²) >= 11 is 0. The zero-order chi connectivity index (χ0) is 13.4. The van der Waals surface area contributed by atoms with Crippen LogP contribution in [0.25, 0.3) is 0 Å². The van der Waals surface area contributed by atoms with Crippen LogP contribution < -0.4 is 0 Å². The molecular weight excluding hydrogens is 236 g/mol. The predicted octanol–water partition coefficient (Wildman–Crippen LogP) is 2.86. The van der Waals surface area contributed by atoms with Crippen LogP contribution in [0, 0.1) is 13.8 Å². The number of hydrogen-bond acceptors (Lipinski definition) is 3. The van der Waals surface area contributed by atoms with Gasteiger partial charge in [0, 0.05) is 34.8 Å². The van der Waals surface area contributed by atoms with Crippen LogP contribution in [0.15, 0.2) is 30.5 Å². The van der Waals surface area contributed by atoms with Crippen molar-refractivity contribution in [3.05, 3.63) is 58.7 Å². The maximum atomic E-state index is 10.7. The quantitative estimate of drug-likeness (QED) is 0.896. The van der Waals surface area contributed by atoms with Gasteiger partial charge in [0.1, 0.15) is 0 Å². The van der Waals surface area contributed by atoms with Gasteiger partial charge in [0.25, 0.3) is 0 Å². The van der Waals surface area contributed by atoms with Gasteiger partial charge in [-0.1, -0.05) is 12.1 Å². The SMILES string of the molecule is Cc1ccc(C(O)C2CCc3cccnc32)c(C)n1. The number of pyridine rings is 2. The fourth-order valence-electron chi connectivity index (χ4n) is 2.98. The molecule has 2 aromatic heterocycles. The van der Waals surface area contributed by atoms with E-state index in [1.165, 1.54) is 5.56 Å². The molecule has 2 unspecified atom stereocenters. The fraction of sp³-hybridized carbons (Fsp3) is 0.375. The molecule has 1 N–H and O–H groups in total. The highest BCUT2D eigenvalue weighted by atomic mass is 16.3. The molecule has 0 saturated heterocycles. The number of aliphatic hydroxyl groups excluding tert-OH is 1. The normalized spacial score (nSPS) is 19.2. The van der Waals surface area contributed by atoms with E-state index < -0.39 is 6.10 Å². The Kier molecular flexibility index (Phi) is 3.07. The van der Waals surface area contributed by atoms with Crippen LogP contribution in [-0.4, -0.2) is 15.1 Å². The fourth-order valence-corrected chi connectivity index (χ4v) is 2.98. The van der Waals surface area contributed by atoms with E-state index in [4.69, 9.17) is 0 Å². The van der Waals surface area contributed by atoms with E-state index in [1.807, 2.05) is 38.2 Å². The molecular formula is C16H18N2O. The predicted molar refractivity (Wildman–Crippen MR) is 74.0 cm³/mol. The minimum Gasteiger partial charge on any atom is -0.388 e. The maximum Gasteiger partial charge on any atom is 0.0891 e. The van der Waals surface area contributed by atoms with E-state index >= 15 is 0 Å². The molecule has 3 nitrogen and oxygen atoms in total. The monoisotopic (exact) mass is 254 g/mol. The summed E-state index contributed by atoms with van der Waals surface area (Å²) < 4.78 is 0. The molecule has 0 radical (unpaired) electrons. The molecule has 3 rings (SSSR count). The molecule has 2 aromatic rings. The van der Waals surface area contributed by atoms with Gasteiger partial charge in [-0.05, 0) is 44.4 Å².